The van der Waals surface area contributed by atoms with Gasteiger partial charge >= 0.3 is 0 Å². The summed E-state index contributed by atoms with van der Waals surface area (Å²) in [5.41, 5.74) is 0.867. The molecule has 1 aromatic rings. The number of hydrogen-bond acceptors (Lipinski definition) is 3. The van der Waals surface area contributed by atoms with Crippen LogP contribution >= 0.6 is 0 Å². The highest BCUT2D eigenvalue weighted by Crippen LogP contribution is 2.19. The average molecular weight is 194 g/mol. The van der Waals surface area contributed by atoms with E-state index in [1.165, 1.54) is 0 Å². The summed E-state index contributed by atoms with van der Waals surface area (Å²) >= 11 is 0. The van der Waals surface area contributed by atoms with Crippen molar-refractivity contribution in [1.82, 2.24) is 4.98 Å². The molecule has 0 aromatic carbocycles. The number of aryl methyl sites for hydroxylation is 1. The summed E-state index contributed by atoms with van der Waals surface area (Å²) in [6, 6.07) is 3.99. The van der Waals surface area contributed by atoms with Crippen LogP contribution in [-0.2, 0) is 0 Å². The maximum absolute atomic E-state index is 9.21. The number of aliphatic hydroxyl groups is 1. The first-order chi connectivity index (χ1) is 6.47. The van der Waals surface area contributed by atoms with Crippen molar-refractivity contribution < 1.29 is 5.11 Å². The zero-order valence-electron chi connectivity index (χ0n) is 9.28. The molecular formula is C11H18N2O. The maximum atomic E-state index is 9.21. The lowest BCUT2D eigenvalue weighted by atomic mass is 10.1. The van der Waals surface area contributed by atoms with Crippen molar-refractivity contribution in [1.29, 1.82) is 0 Å². The second kappa shape index (κ2) is 3.96. The number of likely N-dealkylation sites (N-methyl/N-ethyl adjacent to an activating group) is 1. The molecule has 1 rings (SSSR count). The molecule has 14 heavy (non-hydrogen) atoms. The van der Waals surface area contributed by atoms with Crippen LogP contribution < -0.4 is 4.90 Å². The van der Waals surface area contributed by atoms with Crippen molar-refractivity contribution >= 4 is 5.82 Å². The molecular weight excluding hydrogens is 176 g/mol. The van der Waals surface area contributed by atoms with Crippen LogP contribution in [0, 0.1) is 6.92 Å². The van der Waals surface area contributed by atoms with E-state index in [4.69, 9.17) is 0 Å². The molecule has 0 radical (unpaired) electrons. The minimum absolute atomic E-state index is 0.110. The number of aliphatic hydroxyl groups excluding tert-OH is 1. The lowest BCUT2D eigenvalue weighted by Gasteiger charge is -2.34. The third-order valence-corrected chi connectivity index (χ3v) is 2.53. The predicted octanol–water partition coefficient (Wildman–Crippen LogP) is 1.60. The van der Waals surface area contributed by atoms with Crippen molar-refractivity contribution in [3.05, 3.63) is 23.9 Å². The first kappa shape index (κ1) is 11.0. The predicted molar refractivity (Wildman–Crippen MR) is 58.5 cm³/mol. The van der Waals surface area contributed by atoms with Crippen molar-refractivity contribution in [3.8, 4) is 0 Å². The number of nitrogens with zero attached hydrogens (tertiary/aromatic N) is 2. The van der Waals surface area contributed by atoms with Gasteiger partial charge in [-0.05, 0) is 32.4 Å². The van der Waals surface area contributed by atoms with Crippen molar-refractivity contribution in [2.24, 2.45) is 0 Å². The Morgan fingerprint density at radius 2 is 2.07 bits per heavy atom. The van der Waals surface area contributed by atoms with E-state index in [1.54, 1.807) is 0 Å². The highest BCUT2D eigenvalue weighted by molar-refractivity contribution is 5.41. The van der Waals surface area contributed by atoms with Crippen LogP contribution in [0.15, 0.2) is 18.3 Å². The van der Waals surface area contributed by atoms with Gasteiger partial charge in [0.1, 0.15) is 5.82 Å². The van der Waals surface area contributed by atoms with Crippen LogP contribution in [0.1, 0.15) is 19.4 Å². The molecule has 0 aliphatic heterocycles. The van der Waals surface area contributed by atoms with E-state index in [2.05, 4.69) is 4.98 Å². The van der Waals surface area contributed by atoms with E-state index >= 15 is 0 Å². The zero-order valence-corrected chi connectivity index (χ0v) is 9.28. The van der Waals surface area contributed by atoms with Crippen molar-refractivity contribution in [3.63, 3.8) is 0 Å². The summed E-state index contributed by atoms with van der Waals surface area (Å²) in [6.07, 6.45) is 1.83. The summed E-state index contributed by atoms with van der Waals surface area (Å²) in [5, 5.41) is 9.21. The lowest BCUT2D eigenvalue weighted by Crippen LogP contribution is -2.44. The number of anilines is 1. The Balaban J connectivity index is 2.89. The van der Waals surface area contributed by atoms with Gasteiger partial charge in [0, 0.05) is 13.2 Å². The van der Waals surface area contributed by atoms with Crippen LogP contribution in [0.25, 0.3) is 0 Å². The Hall–Kier alpha value is -1.09. The molecule has 3 heteroatoms. The molecule has 78 valence electrons. The fraction of sp³-hybridized carbons (Fsp3) is 0.545. The van der Waals surface area contributed by atoms with Gasteiger partial charge in [-0.25, -0.2) is 4.98 Å². The third-order valence-electron chi connectivity index (χ3n) is 2.53. The summed E-state index contributed by atoms with van der Waals surface area (Å²) < 4.78 is 0. The SMILES string of the molecule is Cc1ccc(N(C)C(C)(C)CO)nc1. The molecule has 0 aliphatic carbocycles. The number of rotatable bonds is 3. The number of aromatic nitrogens is 1. The van der Waals surface area contributed by atoms with E-state index < -0.39 is 0 Å². The highest BCUT2D eigenvalue weighted by Gasteiger charge is 2.23. The van der Waals surface area contributed by atoms with Gasteiger partial charge in [-0.15, -0.1) is 0 Å². The average Bonchev–Trinajstić information content (AvgIpc) is 2.18. The largest absolute Gasteiger partial charge is 0.394 e. The Morgan fingerprint density at radius 1 is 1.43 bits per heavy atom. The van der Waals surface area contributed by atoms with E-state index in [0.29, 0.717) is 0 Å². The number of pyridine rings is 1. The topological polar surface area (TPSA) is 36.4 Å². The quantitative estimate of drug-likeness (QED) is 0.794. The Kier molecular flexibility index (Phi) is 3.11. The Morgan fingerprint density at radius 3 is 2.50 bits per heavy atom. The zero-order chi connectivity index (χ0) is 10.8. The summed E-state index contributed by atoms with van der Waals surface area (Å²) in [4.78, 5) is 6.29. The van der Waals surface area contributed by atoms with Gasteiger partial charge in [0.05, 0.1) is 12.1 Å². The smallest absolute Gasteiger partial charge is 0.128 e. The molecule has 0 bridgehead atoms. The Bertz CT molecular complexity index is 293. The van der Waals surface area contributed by atoms with Crippen LogP contribution in [-0.4, -0.2) is 29.3 Å². The fourth-order valence-electron chi connectivity index (χ4n) is 1.07. The van der Waals surface area contributed by atoms with E-state index in [0.717, 1.165) is 11.4 Å². The number of hydrogen-bond donors (Lipinski definition) is 1. The van der Waals surface area contributed by atoms with E-state index in [-0.39, 0.29) is 12.1 Å². The molecule has 3 nitrogen and oxygen atoms in total. The van der Waals surface area contributed by atoms with E-state index in [1.807, 2.05) is 51.0 Å². The minimum Gasteiger partial charge on any atom is -0.394 e. The van der Waals surface area contributed by atoms with Crippen LogP contribution in [0.2, 0.25) is 0 Å². The standard InChI is InChI=1S/C11H18N2O/c1-9-5-6-10(12-7-9)13(4)11(2,3)8-14/h5-7,14H,8H2,1-4H3. The highest BCUT2D eigenvalue weighted by atomic mass is 16.3. The Labute approximate surface area is 85.4 Å². The van der Waals surface area contributed by atoms with Crippen LogP contribution in [0.5, 0.6) is 0 Å². The normalized spacial score (nSPS) is 11.5. The molecule has 0 fully saturated rings. The molecule has 0 aliphatic rings. The third kappa shape index (κ3) is 2.23. The van der Waals surface area contributed by atoms with Crippen LogP contribution in [0.4, 0.5) is 5.82 Å². The van der Waals surface area contributed by atoms with Gasteiger partial charge in [0.2, 0.25) is 0 Å². The first-order valence-corrected chi connectivity index (χ1v) is 4.75. The maximum Gasteiger partial charge on any atom is 0.128 e. The molecule has 0 unspecified atom stereocenters. The fourth-order valence-corrected chi connectivity index (χ4v) is 1.07. The van der Waals surface area contributed by atoms with Gasteiger partial charge < -0.3 is 10.0 Å². The summed E-state index contributed by atoms with van der Waals surface area (Å²) in [6.45, 7) is 6.08. The summed E-state index contributed by atoms with van der Waals surface area (Å²) in [5.74, 6) is 0.884. The van der Waals surface area contributed by atoms with Gasteiger partial charge in [-0.3, -0.25) is 0 Å². The van der Waals surface area contributed by atoms with Gasteiger partial charge in [-0.2, -0.15) is 0 Å². The van der Waals surface area contributed by atoms with Gasteiger partial charge in [0.15, 0.2) is 0 Å². The molecule has 0 spiro atoms. The van der Waals surface area contributed by atoms with Gasteiger partial charge in [-0.1, -0.05) is 6.07 Å². The molecule has 1 aromatic heterocycles. The lowest BCUT2D eigenvalue weighted by molar-refractivity contribution is 0.215. The van der Waals surface area contributed by atoms with Crippen molar-refractivity contribution in [2.75, 3.05) is 18.6 Å². The second-order valence-electron chi connectivity index (χ2n) is 4.22. The second-order valence-corrected chi connectivity index (χ2v) is 4.22. The molecule has 0 amide bonds. The molecule has 1 heterocycles. The van der Waals surface area contributed by atoms with Crippen molar-refractivity contribution in [2.45, 2.75) is 26.3 Å². The first-order valence-electron chi connectivity index (χ1n) is 4.75. The monoisotopic (exact) mass is 194 g/mol. The molecule has 1 N–H and O–H groups in total. The molecule has 0 atom stereocenters. The molecule has 0 saturated carbocycles. The summed E-state index contributed by atoms with van der Waals surface area (Å²) in [7, 11) is 1.94. The minimum atomic E-state index is -0.276. The molecule has 0 saturated heterocycles. The van der Waals surface area contributed by atoms with Gasteiger partial charge in [0.25, 0.3) is 0 Å². The van der Waals surface area contributed by atoms with E-state index in [9.17, 15) is 5.11 Å². The van der Waals surface area contributed by atoms with Crippen LogP contribution in [0.3, 0.4) is 0 Å².